The van der Waals surface area contributed by atoms with Crippen molar-refractivity contribution in [2.45, 2.75) is 4.90 Å². The van der Waals surface area contributed by atoms with Crippen LogP contribution in [0.3, 0.4) is 0 Å². The molecule has 0 amide bonds. The number of anilines is 1. The molecule has 0 radical (unpaired) electrons. The van der Waals surface area contributed by atoms with Gasteiger partial charge >= 0.3 is 0 Å². The Morgan fingerprint density at radius 2 is 1.67 bits per heavy atom. The minimum absolute atomic E-state index is 0.0640. The Morgan fingerprint density at radius 3 is 2.50 bits per heavy atom. The molecule has 5 nitrogen and oxygen atoms in total. The summed E-state index contributed by atoms with van der Waals surface area (Å²) >= 11 is 2.92. The van der Waals surface area contributed by atoms with Crippen molar-refractivity contribution in [3.63, 3.8) is 0 Å². The first-order valence-corrected chi connectivity index (χ1v) is 12.9. The summed E-state index contributed by atoms with van der Waals surface area (Å²) in [4.78, 5) is 24.3. The first-order valence-electron chi connectivity index (χ1n) is 11.2. The molecule has 3 aromatic carbocycles. The van der Waals surface area contributed by atoms with Crippen molar-refractivity contribution in [1.29, 1.82) is 0 Å². The zero-order chi connectivity index (χ0) is 24.5. The van der Waals surface area contributed by atoms with Gasteiger partial charge in [0, 0.05) is 33.8 Å². The van der Waals surface area contributed by atoms with Gasteiger partial charge in [0.25, 0.3) is 0 Å². The fourth-order valence-electron chi connectivity index (χ4n) is 4.01. The number of aromatic nitrogens is 2. The summed E-state index contributed by atoms with van der Waals surface area (Å²) in [5, 5.41) is 17.0. The normalized spacial score (nSPS) is 12.7. The first-order chi connectivity index (χ1) is 17.7. The van der Waals surface area contributed by atoms with Gasteiger partial charge in [-0.15, -0.1) is 11.3 Å². The van der Waals surface area contributed by atoms with Gasteiger partial charge in [0.2, 0.25) is 5.78 Å². The molecule has 2 aromatic heterocycles. The van der Waals surface area contributed by atoms with Gasteiger partial charge < -0.3 is 10.4 Å². The van der Waals surface area contributed by atoms with Crippen LogP contribution in [0.2, 0.25) is 0 Å². The number of para-hydroxylation sites is 1. The number of phenolic OH excluding ortho intramolecular Hbond substituents is 1. The minimum atomic E-state index is -0.247. The number of aromatic hydroxyl groups is 1. The summed E-state index contributed by atoms with van der Waals surface area (Å²) in [7, 11) is 0. The number of carbonyl (C=O) groups is 1. The van der Waals surface area contributed by atoms with Crippen molar-refractivity contribution in [1.82, 2.24) is 9.97 Å². The fraction of sp³-hybridized carbons (Fsp3) is 0. The molecule has 0 fully saturated rings. The second-order valence-corrected chi connectivity index (χ2v) is 10.0. The molecule has 174 valence electrons. The number of hydrogen-bond acceptors (Lipinski definition) is 7. The van der Waals surface area contributed by atoms with Crippen molar-refractivity contribution in [3.05, 3.63) is 119 Å². The molecule has 0 saturated heterocycles. The zero-order valence-electron chi connectivity index (χ0n) is 18.9. The van der Waals surface area contributed by atoms with Crippen molar-refractivity contribution < 1.29 is 9.90 Å². The number of pyridine rings is 1. The van der Waals surface area contributed by atoms with Crippen LogP contribution in [0, 0.1) is 0 Å². The van der Waals surface area contributed by atoms with E-state index in [-0.39, 0.29) is 17.1 Å². The molecule has 6 rings (SSSR count). The number of rotatable bonds is 5. The highest BCUT2D eigenvalue weighted by molar-refractivity contribution is 8.04. The van der Waals surface area contributed by atoms with Gasteiger partial charge in [-0.2, -0.15) is 0 Å². The van der Waals surface area contributed by atoms with Crippen molar-refractivity contribution in [2.75, 3.05) is 5.32 Å². The van der Waals surface area contributed by atoms with Gasteiger partial charge in [-0.3, -0.25) is 9.78 Å². The molecular formula is C29H19N3O2S2. The molecule has 7 heteroatoms. The van der Waals surface area contributed by atoms with Crippen LogP contribution in [0.1, 0.15) is 15.9 Å². The van der Waals surface area contributed by atoms with Crippen molar-refractivity contribution in [2.24, 2.45) is 0 Å². The first kappa shape index (κ1) is 22.3. The summed E-state index contributed by atoms with van der Waals surface area (Å²) < 4.78 is 0. The lowest BCUT2D eigenvalue weighted by Crippen LogP contribution is -2.13. The van der Waals surface area contributed by atoms with Crippen LogP contribution in [0.25, 0.3) is 27.5 Å². The molecule has 0 saturated carbocycles. The number of thiazole rings is 1. The van der Waals surface area contributed by atoms with Gasteiger partial charge in [-0.25, -0.2) is 4.98 Å². The molecule has 1 aliphatic heterocycles. The van der Waals surface area contributed by atoms with Gasteiger partial charge in [-0.05, 0) is 48.0 Å². The maximum Gasteiger partial charge on any atom is 0.205 e. The molecule has 0 aliphatic carbocycles. The Hall–Kier alpha value is -4.20. The third-order valence-corrected chi connectivity index (χ3v) is 7.87. The highest BCUT2D eigenvalue weighted by Crippen LogP contribution is 2.45. The number of carbonyl (C=O) groups excluding carboxylic acids is 1. The van der Waals surface area contributed by atoms with E-state index < -0.39 is 0 Å². The summed E-state index contributed by atoms with van der Waals surface area (Å²) in [6.07, 6.45) is 3.50. The number of allylic oxidation sites excluding steroid dienone is 1. The van der Waals surface area contributed by atoms with E-state index >= 15 is 0 Å². The minimum Gasteiger partial charge on any atom is -0.507 e. The molecule has 0 spiro atoms. The molecule has 2 N–H and O–H groups in total. The van der Waals surface area contributed by atoms with Crippen LogP contribution >= 0.6 is 23.1 Å². The number of nitrogens with zero attached hydrogens (tertiary/aromatic N) is 2. The van der Waals surface area contributed by atoms with E-state index in [1.807, 2.05) is 72.1 Å². The zero-order valence-corrected chi connectivity index (χ0v) is 20.5. The van der Waals surface area contributed by atoms with E-state index in [1.165, 1.54) is 23.1 Å². The lowest BCUT2D eigenvalue weighted by Gasteiger charge is -2.24. The van der Waals surface area contributed by atoms with E-state index in [0.717, 1.165) is 43.7 Å². The predicted molar refractivity (Wildman–Crippen MR) is 146 cm³/mol. The van der Waals surface area contributed by atoms with Crippen LogP contribution < -0.4 is 5.32 Å². The maximum atomic E-state index is 13.9. The standard InChI is InChI=1S/C29H19N3O2S2/c33-24-13-12-19(23-17-35-29(32-23)20-9-6-14-30-16-20)15-21(24)27(34)28-26(18-7-2-1-3-8-18)31-22-10-4-5-11-25(22)36-28/h1-17,31,33H. The number of benzene rings is 3. The second kappa shape index (κ2) is 9.45. The number of nitrogens with one attached hydrogen (secondary N) is 1. The number of thioether (sulfide) groups is 1. The Balaban J connectivity index is 1.41. The highest BCUT2D eigenvalue weighted by Gasteiger charge is 2.27. The quantitative estimate of drug-likeness (QED) is 0.243. The lowest BCUT2D eigenvalue weighted by molar-refractivity contribution is 0.104. The average molecular weight is 506 g/mol. The molecule has 5 aromatic rings. The molecule has 36 heavy (non-hydrogen) atoms. The molecule has 0 unspecified atom stereocenters. The predicted octanol–water partition coefficient (Wildman–Crippen LogP) is 7.35. The monoisotopic (exact) mass is 505 g/mol. The van der Waals surface area contributed by atoms with E-state index in [2.05, 4.69) is 10.3 Å². The molecule has 1 aliphatic rings. The van der Waals surface area contributed by atoms with Gasteiger partial charge in [0.15, 0.2) is 0 Å². The molecule has 3 heterocycles. The fourth-order valence-corrected chi connectivity index (χ4v) is 5.90. The average Bonchev–Trinajstić information content (AvgIpc) is 3.44. The van der Waals surface area contributed by atoms with Crippen LogP contribution in [0.4, 0.5) is 5.69 Å². The van der Waals surface area contributed by atoms with E-state index in [9.17, 15) is 9.90 Å². The number of fused-ring (bicyclic) bond motifs is 1. The number of Topliss-reactive ketones (excluding diaryl/α,β-unsaturated/α-hetero) is 1. The van der Waals surface area contributed by atoms with Crippen molar-refractivity contribution >= 4 is 40.3 Å². The van der Waals surface area contributed by atoms with Gasteiger partial charge in [0.05, 0.1) is 27.5 Å². The third kappa shape index (κ3) is 4.19. The van der Waals surface area contributed by atoms with Crippen LogP contribution in [-0.4, -0.2) is 20.9 Å². The second-order valence-electron chi connectivity index (χ2n) is 8.13. The van der Waals surface area contributed by atoms with Crippen LogP contribution in [0.15, 0.2) is 113 Å². The highest BCUT2D eigenvalue weighted by atomic mass is 32.2. The summed E-state index contributed by atoms with van der Waals surface area (Å²) in [5.74, 6) is -0.311. The maximum absolute atomic E-state index is 13.9. The lowest BCUT2D eigenvalue weighted by atomic mass is 10.0. The third-order valence-electron chi connectivity index (χ3n) is 5.80. The number of hydrogen-bond donors (Lipinski definition) is 2. The van der Waals surface area contributed by atoms with E-state index in [0.29, 0.717) is 4.91 Å². The Morgan fingerprint density at radius 1 is 0.861 bits per heavy atom. The Labute approximate surface area is 216 Å². The number of ketones is 1. The van der Waals surface area contributed by atoms with E-state index in [4.69, 9.17) is 4.98 Å². The van der Waals surface area contributed by atoms with Crippen LogP contribution in [-0.2, 0) is 0 Å². The molecule has 0 bridgehead atoms. The largest absolute Gasteiger partial charge is 0.507 e. The molecular weight excluding hydrogens is 486 g/mol. The summed E-state index contributed by atoms with van der Waals surface area (Å²) in [5.41, 5.74) is 5.25. The molecule has 0 atom stereocenters. The van der Waals surface area contributed by atoms with Crippen molar-refractivity contribution in [3.8, 4) is 27.6 Å². The number of phenols is 1. The smallest absolute Gasteiger partial charge is 0.205 e. The van der Waals surface area contributed by atoms with Crippen LogP contribution in [0.5, 0.6) is 5.75 Å². The SMILES string of the molecule is O=C(C1=C(c2ccccc2)Nc2ccccc2S1)c1cc(-c2csc(-c3cccnc3)n2)ccc1O. The Bertz CT molecular complexity index is 1610. The summed E-state index contributed by atoms with van der Waals surface area (Å²) in [6, 6.07) is 26.5. The summed E-state index contributed by atoms with van der Waals surface area (Å²) in [6.45, 7) is 0. The Kier molecular flexibility index (Phi) is 5.85. The van der Waals surface area contributed by atoms with Gasteiger partial charge in [0.1, 0.15) is 10.8 Å². The van der Waals surface area contributed by atoms with E-state index in [1.54, 1.807) is 30.6 Å². The van der Waals surface area contributed by atoms with Gasteiger partial charge in [-0.1, -0.05) is 54.2 Å². The topological polar surface area (TPSA) is 75.1 Å².